The summed E-state index contributed by atoms with van der Waals surface area (Å²) in [6.07, 6.45) is 2.38. The highest BCUT2D eigenvalue weighted by Gasteiger charge is 2.25. The van der Waals surface area contributed by atoms with Gasteiger partial charge in [0.05, 0.1) is 0 Å². The monoisotopic (exact) mass is 260 g/mol. The number of nitrogens with zero attached hydrogens (tertiary/aromatic N) is 1. The van der Waals surface area contributed by atoms with Crippen LogP contribution in [0, 0.1) is 5.41 Å². The molecule has 2 rings (SSSR count). The first-order valence-electron chi connectivity index (χ1n) is 7.47. The maximum absolute atomic E-state index is 3.49. The van der Waals surface area contributed by atoms with Crippen LogP contribution in [0.4, 0.5) is 0 Å². The molecule has 0 fully saturated rings. The van der Waals surface area contributed by atoms with E-state index in [-0.39, 0.29) is 0 Å². The number of benzene rings is 1. The number of likely N-dealkylation sites (N-methyl/N-ethyl adjacent to an activating group) is 1. The lowest BCUT2D eigenvalue weighted by Crippen LogP contribution is -2.47. The summed E-state index contributed by atoms with van der Waals surface area (Å²) >= 11 is 0. The lowest BCUT2D eigenvalue weighted by Gasteiger charge is -2.34. The Hall–Kier alpha value is -0.860. The molecule has 1 unspecified atom stereocenters. The number of hydrogen-bond donors (Lipinski definition) is 1. The Morgan fingerprint density at radius 2 is 1.63 bits per heavy atom. The predicted octanol–water partition coefficient (Wildman–Crippen LogP) is 2.72. The molecule has 1 aromatic carbocycles. The molecule has 0 spiro atoms. The molecule has 0 radical (unpaired) electrons. The van der Waals surface area contributed by atoms with E-state index in [0.717, 1.165) is 6.54 Å². The van der Waals surface area contributed by atoms with E-state index in [1.165, 1.54) is 25.9 Å². The fourth-order valence-corrected chi connectivity index (χ4v) is 2.95. The van der Waals surface area contributed by atoms with Gasteiger partial charge in [-0.15, -0.1) is 0 Å². The maximum atomic E-state index is 3.49. The smallest absolute Gasteiger partial charge is 0.0240 e. The van der Waals surface area contributed by atoms with Crippen molar-refractivity contribution >= 4 is 0 Å². The molecule has 2 heteroatoms. The number of nitrogens with one attached hydrogen (secondary N) is 1. The summed E-state index contributed by atoms with van der Waals surface area (Å²) in [6.45, 7) is 10.5. The number of hydrogen-bond acceptors (Lipinski definition) is 2. The van der Waals surface area contributed by atoms with Gasteiger partial charge in [0.1, 0.15) is 0 Å². The lowest BCUT2D eigenvalue weighted by molar-refractivity contribution is 0.183. The van der Waals surface area contributed by atoms with Gasteiger partial charge in [-0.1, -0.05) is 45.0 Å². The van der Waals surface area contributed by atoms with Crippen molar-refractivity contribution in [2.75, 3.05) is 26.7 Å². The Bertz CT molecular complexity index is 379. The fourth-order valence-electron chi connectivity index (χ4n) is 2.95. The fraction of sp³-hybridized carbons (Fsp3) is 0.647. The van der Waals surface area contributed by atoms with Crippen LogP contribution in [0.1, 0.15) is 31.9 Å². The van der Waals surface area contributed by atoms with Gasteiger partial charge in [-0.3, -0.25) is 0 Å². The van der Waals surface area contributed by atoms with Crippen LogP contribution in [-0.2, 0) is 12.8 Å². The molecule has 0 saturated carbocycles. The van der Waals surface area contributed by atoms with Crippen molar-refractivity contribution in [1.82, 2.24) is 10.2 Å². The second-order valence-corrected chi connectivity index (χ2v) is 6.78. The molecule has 106 valence electrons. The van der Waals surface area contributed by atoms with Crippen LogP contribution < -0.4 is 5.32 Å². The first kappa shape index (κ1) is 14.5. The summed E-state index contributed by atoms with van der Waals surface area (Å²) in [7, 11) is 2.09. The third-order valence-corrected chi connectivity index (χ3v) is 4.35. The predicted molar refractivity (Wildman–Crippen MR) is 82.6 cm³/mol. The van der Waals surface area contributed by atoms with Crippen LogP contribution in [0.2, 0.25) is 0 Å². The molecule has 0 aliphatic carbocycles. The minimum Gasteiger partial charge on any atom is -0.315 e. The first-order chi connectivity index (χ1) is 9.00. The molecule has 19 heavy (non-hydrogen) atoms. The quantitative estimate of drug-likeness (QED) is 0.899. The van der Waals surface area contributed by atoms with E-state index < -0.39 is 0 Å². The number of rotatable bonds is 3. The molecular weight excluding hydrogens is 232 g/mol. The summed E-state index contributed by atoms with van der Waals surface area (Å²) < 4.78 is 0. The maximum Gasteiger partial charge on any atom is 0.0240 e. The SMILES string of the molecule is CNC(CN1CCc2ccccc2CC1)C(C)(C)C. The summed E-state index contributed by atoms with van der Waals surface area (Å²) in [5.41, 5.74) is 3.40. The summed E-state index contributed by atoms with van der Waals surface area (Å²) in [5.74, 6) is 0. The third-order valence-electron chi connectivity index (χ3n) is 4.35. The van der Waals surface area contributed by atoms with E-state index in [0.29, 0.717) is 11.5 Å². The summed E-state index contributed by atoms with van der Waals surface area (Å²) in [6, 6.07) is 9.46. The van der Waals surface area contributed by atoms with Crippen LogP contribution in [-0.4, -0.2) is 37.6 Å². The van der Waals surface area contributed by atoms with Gasteiger partial charge in [-0.25, -0.2) is 0 Å². The van der Waals surface area contributed by atoms with Crippen molar-refractivity contribution in [1.29, 1.82) is 0 Å². The molecule has 1 heterocycles. The Kier molecular flexibility index (Phi) is 4.64. The zero-order valence-corrected chi connectivity index (χ0v) is 12.9. The molecule has 0 amide bonds. The van der Waals surface area contributed by atoms with Gasteiger partial charge in [0, 0.05) is 25.7 Å². The van der Waals surface area contributed by atoms with Crippen LogP contribution >= 0.6 is 0 Å². The van der Waals surface area contributed by atoms with Crippen molar-refractivity contribution in [3.8, 4) is 0 Å². The van der Waals surface area contributed by atoms with Crippen molar-refractivity contribution in [3.05, 3.63) is 35.4 Å². The molecule has 1 atom stereocenters. The van der Waals surface area contributed by atoms with Crippen LogP contribution in [0.5, 0.6) is 0 Å². The van der Waals surface area contributed by atoms with E-state index in [2.05, 4.69) is 62.3 Å². The average Bonchev–Trinajstić information content (AvgIpc) is 2.57. The zero-order chi connectivity index (χ0) is 13.9. The normalized spacial score (nSPS) is 18.7. The third kappa shape index (κ3) is 3.80. The highest BCUT2D eigenvalue weighted by atomic mass is 15.1. The Labute approximate surface area is 118 Å². The molecule has 2 nitrogen and oxygen atoms in total. The second-order valence-electron chi connectivity index (χ2n) is 6.78. The molecule has 0 saturated heterocycles. The van der Waals surface area contributed by atoms with Gasteiger partial charge < -0.3 is 10.2 Å². The van der Waals surface area contributed by atoms with Crippen molar-refractivity contribution in [2.24, 2.45) is 5.41 Å². The molecule has 0 bridgehead atoms. The van der Waals surface area contributed by atoms with Gasteiger partial charge in [0.15, 0.2) is 0 Å². The molecule has 1 aromatic rings. The standard InChI is InChI=1S/C17H28N2/c1-17(2,3)16(18-4)13-19-11-9-14-7-5-6-8-15(14)10-12-19/h5-8,16,18H,9-13H2,1-4H3. The summed E-state index contributed by atoms with van der Waals surface area (Å²) in [4.78, 5) is 2.62. The number of fused-ring (bicyclic) bond motifs is 1. The highest BCUT2D eigenvalue weighted by Crippen LogP contribution is 2.21. The van der Waals surface area contributed by atoms with Crippen LogP contribution in [0.3, 0.4) is 0 Å². The van der Waals surface area contributed by atoms with Gasteiger partial charge in [0.25, 0.3) is 0 Å². The van der Waals surface area contributed by atoms with Gasteiger partial charge >= 0.3 is 0 Å². The average molecular weight is 260 g/mol. The summed E-state index contributed by atoms with van der Waals surface area (Å²) in [5, 5.41) is 3.49. The van der Waals surface area contributed by atoms with Crippen LogP contribution in [0.15, 0.2) is 24.3 Å². The lowest BCUT2D eigenvalue weighted by atomic mass is 9.86. The largest absolute Gasteiger partial charge is 0.315 e. The Morgan fingerprint density at radius 1 is 1.11 bits per heavy atom. The van der Waals surface area contributed by atoms with Gasteiger partial charge in [-0.05, 0) is 36.4 Å². The Morgan fingerprint density at radius 3 is 2.05 bits per heavy atom. The van der Waals surface area contributed by atoms with Crippen molar-refractivity contribution < 1.29 is 0 Å². The van der Waals surface area contributed by atoms with E-state index in [1.807, 2.05) is 0 Å². The minimum absolute atomic E-state index is 0.313. The van der Waals surface area contributed by atoms with E-state index in [9.17, 15) is 0 Å². The van der Waals surface area contributed by atoms with Crippen molar-refractivity contribution in [2.45, 2.75) is 39.7 Å². The minimum atomic E-state index is 0.313. The van der Waals surface area contributed by atoms with E-state index in [4.69, 9.17) is 0 Å². The first-order valence-corrected chi connectivity index (χ1v) is 7.47. The highest BCUT2D eigenvalue weighted by molar-refractivity contribution is 5.28. The molecular formula is C17H28N2. The zero-order valence-electron chi connectivity index (χ0n) is 12.9. The van der Waals surface area contributed by atoms with Crippen LogP contribution in [0.25, 0.3) is 0 Å². The van der Waals surface area contributed by atoms with E-state index in [1.54, 1.807) is 11.1 Å². The topological polar surface area (TPSA) is 15.3 Å². The molecule has 0 aromatic heterocycles. The van der Waals surface area contributed by atoms with Crippen molar-refractivity contribution in [3.63, 3.8) is 0 Å². The molecule has 1 aliphatic rings. The van der Waals surface area contributed by atoms with E-state index >= 15 is 0 Å². The second kappa shape index (κ2) is 6.06. The van der Waals surface area contributed by atoms with Gasteiger partial charge in [0.2, 0.25) is 0 Å². The molecule has 1 N–H and O–H groups in total. The molecule has 1 aliphatic heterocycles. The van der Waals surface area contributed by atoms with Gasteiger partial charge in [-0.2, -0.15) is 0 Å². The Balaban J connectivity index is 1.98.